The van der Waals surface area contributed by atoms with Crippen molar-refractivity contribution in [3.05, 3.63) is 83.7 Å². The molecule has 3 aromatic rings. The number of nitrogens with zero attached hydrogens (tertiary/aromatic N) is 2. The van der Waals surface area contributed by atoms with Crippen molar-refractivity contribution >= 4 is 23.1 Å². The average molecular weight is 430 g/mol. The number of rotatable bonds is 4. The van der Waals surface area contributed by atoms with Gasteiger partial charge in [-0.05, 0) is 48.0 Å². The molecule has 2 aliphatic heterocycles. The number of ether oxygens (including phenoxy) is 3. The Hall–Kier alpha value is -4.33. The molecule has 8 nitrogen and oxygen atoms in total. The van der Waals surface area contributed by atoms with Crippen LogP contribution in [0.2, 0.25) is 0 Å². The molecule has 0 saturated carbocycles. The fraction of sp³-hybridized carbons (Fsp3) is 0.125. The van der Waals surface area contributed by atoms with E-state index in [1.54, 1.807) is 67.0 Å². The van der Waals surface area contributed by atoms with E-state index in [1.165, 1.54) is 12.0 Å². The van der Waals surface area contributed by atoms with E-state index in [2.05, 4.69) is 4.98 Å². The predicted octanol–water partition coefficient (Wildman–Crippen LogP) is 3.45. The number of carbonyl (C=O) groups excluding carboxylic acids is 2. The van der Waals surface area contributed by atoms with Crippen LogP contribution in [-0.4, -0.2) is 35.7 Å². The van der Waals surface area contributed by atoms with Crippen molar-refractivity contribution in [3.63, 3.8) is 0 Å². The van der Waals surface area contributed by atoms with Gasteiger partial charge in [-0.25, -0.2) is 0 Å². The number of benzene rings is 2. The fourth-order valence-corrected chi connectivity index (χ4v) is 3.89. The second kappa shape index (κ2) is 7.73. The van der Waals surface area contributed by atoms with Crippen LogP contribution in [0.15, 0.2) is 72.6 Å². The van der Waals surface area contributed by atoms with E-state index in [-0.39, 0.29) is 18.1 Å². The van der Waals surface area contributed by atoms with Crippen LogP contribution in [0, 0.1) is 0 Å². The first-order valence-corrected chi connectivity index (χ1v) is 9.83. The van der Waals surface area contributed by atoms with E-state index in [0.717, 1.165) is 0 Å². The van der Waals surface area contributed by atoms with Gasteiger partial charge in [0.25, 0.3) is 11.7 Å². The van der Waals surface area contributed by atoms with Crippen LogP contribution < -0.4 is 19.1 Å². The average Bonchev–Trinajstić information content (AvgIpc) is 3.41. The van der Waals surface area contributed by atoms with Crippen molar-refractivity contribution in [2.24, 2.45) is 0 Å². The molecule has 1 saturated heterocycles. The van der Waals surface area contributed by atoms with Crippen molar-refractivity contribution in [2.75, 3.05) is 18.8 Å². The molecule has 8 heteroatoms. The quantitative estimate of drug-likeness (QED) is 0.385. The highest BCUT2D eigenvalue weighted by atomic mass is 16.7. The monoisotopic (exact) mass is 430 g/mol. The van der Waals surface area contributed by atoms with Crippen LogP contribution in [0.25, 0.3) is 5.76 Å². The van der Waals surface area contributed by atoms with Crippen molar-refractivity contribution in [1.29, 1.82) is 0 Å². The number of aliphatic hydroxyl groups is 1. The van der Waals surface area contributed by atoms with E-state index < -0.39 is 17.7 Å². The number of aliphatic hydroxyl groups excluding tert-OH is 1. The molecular formula is C24H18N2O6. The largest absolute Gasteiger partial charge is 0.507 e. The summed E-state index contributed by atoms with van der Waals surface area (Å²) in [5, 5.41) is 11.1. The number of carbonyl (C=O) groups is 2. The number of amides is 1. The zero-order chi connectivity index (χ0) is 22.2. The molecule has 5 rings (SSSR count). The molecule has 160 valence electrons. The smallest absolute Gasteiger partial charge is 0.300 e. The number of hydrogen-bond donors (Lipinski definition) is 1. The van der Waals surface area contributed by atoms with Crippen molar-refractivity contribution < 1.29 is 28.9 Å². The summed E-state index contributed by atoms with van der Waals surface area (Å²) in [5.41, 5.74) is 1.40. The van der Waals surface area contributed by atoms with E-state index >= 15 is 0 Å². The number of methoxy groups -OCH3 is 1. The maximum absolute atomic E-state index is 13.2. The van der Waals surface area contributed by atoms with E-state index in [1.807, 2.05) is 0 Å². The minimum atomic E-state index is -0.869. The second-order valence-corrected chi connectivity index (χ2v) is 7.22. The molecule has 2 aliphatic rings. The van der Waals surface area contributed by atoms with Crippen molar-refractivity contribution in [1.82, 2.24) is 4.98 Å². The second-order valence-electron chi connectivity index (χ2n) is 7.22. The number of aromatic nitrogens is 1. The SMILES string of the molecule is COc1ccc(/C(O)=C2\C(=O)C(=O)N(c3ccc4c(c3)OCO4)C2c2cccnc2)cc1. The van der Waals surface area contributed by atoms with Crippen LogP contribution in [0.5, 0.6) is 17.2 Å². The highest BCUT2D eigenvalue weighted by Crippen LogP contribution is 2.44. The first-order chi connectivity index (χ1) is 15.6. The normalized spacial score (nSPS) is 18.8. The van der Waals surface area contributed by atoms with Crippen LogP contribution in [0.1, 0.15) is 17.2 Å². The molecule has 0 spiro atoms. The molecule has 1 unspecified atom stereocenters. The Morgan fingerprint density at radius 2 is 1.88 bits per heavy atom. The molecule has 2 aromatic carbocycles. The lowest BCUT2D eigenvalue weighted by atomic mass is 9.96. The summed E-state index contributed by atoms with van der Waals surface area (Å²) in [7, 11) is 1.54. The van der Waals surface area contributed by atoms with Gasteiger partial charge in [0.1, 0.15) is 11.5 Å². The molecule has 1 fully saturated rings. The molecule has 0 bridgehead atoms. The van der Waals surface area contributed by atoms with Gasteiger partial charge in [0.2, 0.25) is 6.79 Å². The third-order valence-corrected chi connectivity index (χ3v) is 5.44. The van der Waals surface area contributed by atoms with Gasteiger partial charge < -0.3 is 19.3 Å². The minimum Gasteiger partial charge on any atom is -0.507 e. The summed E-state index contributed by atoms with van der Waals surface area (Å²) in [6, 6.07) is 14.2. The molecule has 32 heavy (non-hydrogen) atoms. The number of anilines is 1. The lowest BCUT2D eigenvalue weighted by Crippen LogP contribution is -2.29. The third kappa shape index (κ3) is 3.13. The van der Waals surface area contributed by atoms with Gasteiger partial charge in [-0.3, -0.25) is 19.5 Å². The van der Waals surface area contributed by atoms with Gasteiger partial charge in [-0.15, -0.1) is 0 Å². The van der Waals surface area contributed by atoms with E-state index in [0.29, 0.717) is 34.1 Å². The lowest BCUT2D eigenvalue weighted by molar-refractivity contribution is -0.132. The Balaban J connectivity index is 1.67. The number of Topliss-reactive ketones (excluding diaryl/α,β-unsaturated/α-hetero) is 1. The summed E-state index contributed by atoms with van der Waals surface area (Å²) in [4.78, 5) is 31.8. The van der Waals surface area contributed by atoms with Crippen LogP contribution >= 0.6 is 0 Å². The first-order valence-electron chi connectivity index (χ1n) is 9.83. The summed E-state index contributed by atoms with van der Waals surface area (Å²) in [6.07, 6.45) is 3.16. The van der Waals surface area contributed by atoms with Gasteiger partial charge >= 0.3 is 0 Å². The van der Waals surface area contributed by atoms with Crippen LogP contribution in [-0.2, 0) is 9.59 Å². The number of ketones is 1. The lowest BCUT2D eigenvalue weighted by Gasteiger charge is -2.25. The van der Waals surface area contributed by atoms with Gasteiger partial charge in [0.05, 0.1) is 18.7 Å². The van der Waals surface area contributed by atoms with Gasteiger partial charge in [0, 0.05) is 29.7 Å². The molecule has 1 aromatic heterocycles. The summed E-state index contributed by atoms with van der Waals surface area (Å²) in [5.74, 6) is -0.183. The summed E-state index contributed by atoms with van der Waals surface area (Å²) < 4.78 is 15.9. The molecular weight excluding hydrogens is 412 g/mol. The molecule has 0 radical (unpaired) electrons. The Morgan fingerprint density at radius 1 is 1.09 bits per heavy atom. The summed E-state index contributed by atoms with van der Waals surface area (Å²) >= 11 is 0. The summed E-state index contributed by atoms with van der Waals surface area (Å²) in [6.45, 7) is 0.0844. The molecule has 1 N–H and O–H groups in total. The number of hydrogen-bond acceptors (Lipinski definition) is 7. The fourth-order valence-electron chi connectivity index (χ4n) is 3.89. The van der Waals surface area contributed by atoms with E-state index in [9.17, 15) is 14.7 Å². The van der Waals surface area contributed by atoms with Crippen molar-refractivity contribution in [2.45, 2.75) is 6.04 Å². The van der Waals surface area contributed by atoms with Gasteiger partial charge in [-0.1, -0.05) is 6.07 Å². The highest BCUT2D eigenvalue weighted by molar-refractivity contribution is 6.51. The van der Waals surface area contributed by atoms with Crippen molar-refractivity contribution in [3.8, 4) is 17.2 Å². The molecule has 1 atom stereocenters. The van der Waals surface area contributed by atoms with Crippen LogP contribution in [0.3, 0.4) is 0 Å². The molecule has 0 aliphatic carbocycles. The molecule has 1 amide bonds. The minimum absolute atomic E-state index is 0.0224. The standard InChI is InChI=1S/C24H18N2O6/c1-30-17-7-4-14(5-8-17)22(27)20-21(15-3-2-10-25-12-15)26(24(29)23(20)28)16-6-9-18-19(11-16)32-13-31-18/h2-12,21,27H,13H2,1H3/b22-20+. The number of fused-ring (bicyclic) bond motifs is 1. The Labute approximate surface area is 183 Å². The maximum atomic E-state index is 13.2. The first kappa shape index (κ1) is 19.6. The Morgan fingerprint density at radius 3 is 2.59 bits per heavy atom. The highest BCUT2D eigenvalue weighted by Gasteiger charge is 2.47. The zero-order valence-corrected chi connectivity index (χ0v) is 17.0. The predicted molar refractivity (Wildman–Crippen MR) is 115 cm³/mol. The Kier molecular flexibility index (Phi) is 4.74. The zero-order valence-electron chi connectivity index (χ0n) is 17.0. The third-order valence-electron chi connectivity index (χ3n) is 5.44. The topological polar surface area (TPSA) is 98.2 Å². The van der Waals surface area contributed by atoms with Gasteiger partial charge in [0.15, 0.2) is 11.5 Å². The van der Waals surface area contributed by atoms with E-state index in [4.69, 9.17) is 14.2 Å². The number of pyridine rings is 1. The molecule has 3 heterocycles. The van der Waals surface area contributed by atoms with Gasteiger partial charge in [-0.2, -0.15) is 0 Å². The maximum Gasteiger partial charge on any atom is 0.300 e. The Bertz CT molecular complexity index is 1240. The van der Waals surface area contributed by atoms with Crippen LogP contribution in [0.4, 0.5) is 5.69 Å².